The van der Waals surface area contributed by atoms with E-state index >= 15 is 0 Å². The van der Waals surface area contributed by atoms with Crippen LogP contribution in [0, 0.1) is 0 Å². The smallest absolute Gasteiger partial charge is 0.0561 e. The molecule has 0 spiro atoms. The Morgan fingerprint density at radius 3 is 0.576 bits per heavy atom. The first kappa shape index (κ1) is 63.0. The third kappa shape index (κ3) is 11.8. The number of nitrogens with zero attached hydrogens (tertiary/aromatic N) is 4. The first-order valence-corrected chi connectivity index (χ1v) is 33.7. The second-order valence-electron chi connectivity index (χ2n) is 29.4. The van der Waals surface area contributed by atoms with Crippen molar-refractivity contribution in [1.29, 1.82) is 0 Å². The van der Waals surface area contributed by atoms with Crippen LogP contribution in [0.15, 0.2) is 231 Å². The van der Waals surface area contributed by atoms with E-state index in [4.69, 9.17) is 0 Å². The van der Waals surface area contributed by atoms with Crippen molar-refractivity contribution >= 4 is 101 Å². The summed E-state index contributed by atoms with van der Waals surface area (Å²) in [5.74, 6) is 0. The lowest BCUT2D eigenvalue weighted by Crippen LogP contribution is -2.18. The fourth-order valence-electron chi connectivity index (χ4n) is 13.8. The van der Waals surface area contributed by atoms with Gasteiger partial charge < -0.3 is 19.6 Å². The molecule has 0 amide bonds. The number of para-hydroxylation sites is 4. The van der Waals surface area contributed by atoms with Crippen LogP contribution in [-0.4, -0.2) is 0 Å². The molecule has 0 saturated heterocycles. The summed E-state index contributed by atoms with van der Waals surface area (Å²) in [6.07, 6.45) is 3.47. The largest absolute Gasteiger partial charge is 0.310 e. The molecular formula is C88H94N4. The molecule has 4 nitrogen and oxygen atoms in total. The molecule has 0 aromatic heterocycles. The minimum Gasteiger partial charge on any atom is -0.310 e. The Morgan fingerprint density at radius 1 is 0.217 bits per heavy atom. The van der Waals surface area contributed by atoms with Crippen molar-refractivity contribution in [2.24, 2.45) is 0 Å². The van der Waals surface area contributed by atoms with Gasteiger partial charge in [0.2, 0.25) is 0 Å². The van der Waals surface area contributed by atoms with Crippen LogP contribution in [0.1, 0.15) is 155 Å². The maximum absolute atomic E-state index is 2.58. The molecule has 0 unspecified atom stereocenters. The molecule has 0 fully saturated rings. The van der Waals surface area contributed by atoms with Crippen molar-refractivity contribution in [2.45, 2.75) is 158 Å². The lowest BCUT2D eigenvalue weighted by molar-refractivity contribution is 0.590. The van der Waals surface area contributed by atoms with Gasteiger partial charge in [0.05, 0.1) is 22.7 Å². The van der Waals surface area contributed by atoms with Gasteiger partial charge in [-0.05, 0) is 177 Å². The summed E-state index contributed by atoms with van der Waals surface area (Å²) in [4.78, 5) is 10.3. The Kier molecular flexibility index (Phi) is 17.0. The van der Waals surface area contributed by atoms with Crippen LogP contribution >= 0.6 is 0 Å². The predicted octanol–water partition coefficient (Wildman–Crippen LogP) is 25.9. The van der Waals surface area contributed by atoms with Gasteiger partial charge in [0, 0.05) is 77.8 Å². The van der Waals surface area contributed by atoms with Crippen LogP contribution in [-0.2, 0) is 47.3 Å². The van der Waals surface area contributed by atoms with Crippen LogP contribution in [0.2, 0.25) is 0 Å². The minimum atomic E-state index is -0.0315. The van der Waals surface area contributed by atoms with E-state index in [1.807, 2.05) is 0 Å². The highest BCUT2D eigenvalue weighted by Crippen LogP contribution is 2.56. The number of rotatable bonds is 16. The molecule has 0 N–H and O–H groups in total. The fraction of sp³-hybridized carbons (Fsp3) is 0.273. The summed E-state index contributed by atoms with van der Waals surface area (Å²) in [7, 11) is 0. The quantitative estimate of drug-likeness (QED) is 0.0894. The highest BCUT2D eigenvalue weighted by molar-refractivity contribution is 6.33. The Hall–Kier alpha value is -9.12. The van der Waals surface area contributed by atoms with E-state index in [1.54, 1.807) is 0 Å². The Labute approximate surface area is 550 Å². The van der Waals surface area contributed by atoms with Crippen LogP contribution in [0.3, 0.4) is 0 Å². The molecule has 0 radical (unpaired) electrons. The summed E-state index contributed by atoms with van der Waals surface area (Å²) >= 11 is 0. The zero-order chi connectivity index (χ0) is 65.0. The van der Waals surface area contributed by atoms with Crippen molar-refractivity contribution in [3.8, 4) is 0 Å². The van der Waals surface area contributed by atoms with Crippen LogP contribution in [0.25, 0.3) is 32.3 Å². The zero-order valence-electron chi connectivity index (χ0n) is 57.6. The van der Waals surface area contributed by atoms with Crippen LogP contribution in [0.5, 0.6) is 0 Å². The summed E-state index contributed by atoms with van der Waals surface area (Å²) in [5.41, 5.74) is 23.7. The molecule has 0 aliphatic heterocycles. The Morgan fingerprint density at radius 2 is 0.402 bits per heavy atom. The van der Waals surface area contributed by atoms with Crippen molar-refractivity contribution < 1.29 is 0 Å². The Balaban J connectivity index is 1.32. The van der Waals surface area contributed by atoms with Gasteiger partial charge in [-0.1, -0.05) is 256 Å². The maximum Gasteiger partial charge on any atom is 0.0561 e. The summed E-state index contributed by atoms with van der Waals surface area (Å²) in [6, 6.07) is 88.8. The number of hydrogen-bond acceptors (Lipinski definition) is 4. The predicted molar refractivity (Wildman–Crippen MR) is 401 cm³/mol. The molecule has 0 bridgehead atoms. The maximum atomic E-state index is 2.58. The summed E-state index contributed by atoms with van der Waals surface area (Å²) < 4.78 is 0. The third-order valence-corrected chi connectivity index (χ3v) is 19.2. The second kappa shape index (κ2) is 24.8. The van der Waals surface area contributed by atoms with Gasteiger partial charge in [0.15, 0.2) is 0 Å². The van der Waals surface area contributed by atoms with E-state index in [9.17, 15) is 0 Å². The van der Waals surface area contributed by atoms with Gasteiger partial charge in [0.25, 0.3) is 0 Å². The molecule has 0 aliphatic rings. The van der Waals surface area contributed by atoms with Crippen molar-refractivity contribution in [1.82, 2.24) is 0 Å². The minimum absolute atomic E-state index is 0.0315. The molecule has 12 aromatic carbocycles. The monoisotopic (exact) mass is 1210 g/mol. The average Bonchev–Trinajstić information content (AvgIpc) is 0.700. The molecule has 4 heteroatoms. The number of aryl methyl sites for hydroxylation is 4. The standard InChI is InChI=1S/C88H94N4/c1-17-59-29-21-25-33-75(59)89(67-45-37-63(38-46-67)85(5,6)7)79-57-80(90(76-34-26-22-30-60(76)18-2)68-47-39-64(40-48-68)86(8,9)10)72-55-56-74-82(92(78-36-28-24-32-62(78)20-4)70-51-43-66(44-52-70)88(14,15)16)58-81(73-54-53-71(79)83(72)84(73)74)91(77-35-27-23-31-61(77)19-3)69-49-41-65(42-50-69)87(11,12)13/h21-58H,17-20H2,1-16H3. The van der Waals surface area contributed by atoms with E-state index in [-0.39, 0.29) is 21.7 Å². The lowest BCUT2D eigenvalue weighted by atomic mass is 9.86. The molecule has 92 heavy (non-hydrogen) atoms. The van der Waals surface area contributed by atoms with E-state index in [0.717, 1.165) is 93.9 Å². The van der Waals surface area contributed by atoms with Gasteiger partial charge in [0.1, 0.15) is 0 Å². The van der Waals surface area contributed by atoms with Crippen molar-refractivity contribution in [3.63, 3.8) is 0 Å². The summed E-state index contributed by atoms with van der Waals surface area (Å²) in [5, 5.41) is 7.12. The van der Waals surface area contributed by atoms with Crippen LogP contribution < -0.4 is 19.6 Å². The fourth-order valence-corrected chi connectivity index (χ4v) is 13.8. The van der Waals surface area contributed by atoms with Gasteiger partial charge in [-0.15, -0.1) is 0 Å². The number of anilines is 12. The van der Waals surface area contributed by atoms with E-state index in [0.29, 0.717) is 0 Å². The van der Waals surface area contributed by atoms with E-state index in [1.165, 1.54) is 76.8 Å². The molecule has 0 saturated carbocycles. The highest BCUT2D eigenvalue weighted by Gasteiger charge is 2.32. The molecule has 12 aromatic rings. The SMILES string of the molecule is CCc1ccccc1N(c1ccc(C(C)(C)C)cc1)c1cc(N(c2ccc(C(C)(C)C)cc2)c2ccccc2CC)c2ccc3c(N(c4ccc(C(C)(C)C)cc4)c4ccccc4CC)cc(N(c4ccc(C(C)(C)C)cc4)c4ccccc4CC)c4ccc1c2c43. The van der Waals surface area contributed by atoms with Gasteiger partial charge in [-0.2, -0.15) is 0 Å². The normalized spacial score (nSPS) is 12.3. The van der Waals surface area contributed by atoms with Gasteiger partial charge in [-0.25, -0.2) is 0 Å². The highest BCUT2D eigenvalue weighted by atomic mass is 15.2. The van der Waals surface area contributed by atoms with Crippen molar-refractivity contribution in [3.05, 3.63) is 275 Å². The Bertz CT molecular complexity index is 4000. The first-order chi connectivity index (χ1) is 44.0. The molecule has 0 aliphatic carbocycles. The second-order valence-corrected chi connectivity index (χ2v) is 29.4. The molecule has 12 rings (SSSR count). The third-order valence-electron chi connectivity index (χ3n) is 19.2. The average molecular weight is 1210 g/mol. The van der Waals surface area contributed by atoms with Crippen molar-refractivity contribution in [2.75, 3.05) is 19.6 Å². The molecule has 466 valence electrons. The lowest BCUT2D eigenvalue weighted by Gasteiger charge is -2.36. The molecular weight excluding hydrogens is 1110 g/mol. The number of hydrogen-bond donors (Lipinski definition) is 0. The topological polar surface area (TPSA) is 13.0 Å². The molecule has 0 heterocycles. The number of benzene rings is 12. The summed E-state index contributed by atoms with van der Waals surface area (Å²) in [6.45, 7) is 36.9. The van der Waals surface area contributed by atoms with E-state index < -0.39 is 0 Å². The van der Waals surface area contributed by atoms with Crippen LogP contribution in [0.4, 0.5) is 68.2 Å². The van der Waals surface area contributed by atoms with E-state index in [2.05, 4.69) is 361 Å². The molecule has 0 atom stereocenters. The van der Waals surface area contributed by atoms with Gasteiger partial charge >= 0.3 is 0 Å². The first-order valence-electron chi connectivity index (χ1n) is 33.7. The zero-order valence-corrected chi connectivity index (χ0v) is 57.6. The van der Waals surface area contributed by atoms with Gasteiger partial charge in [-0.3, -0.25) is 0 Å².